The molecule has 10 heteroatoms. The maximum atomic E-state index is 14.6. The van der Waals surface area contributed by atoms with E-state index < -0.39 is 40.2 Å². The summed E-state index contributed by atoms with van der Waals surface area (Å²) < 4.78 is 48.2. The number of anilines is 1. The van der Waals surface area contributed by atoms with Crippen molar-refractivity contribution in [1.29, 1.82) is 0 Å². The summed E-state index contributed by atoms with van der Waals surface area (Å²) in [4.78, 5) is 28.1. The van der Waals surface area contributed by atoms with Gasteiger partial charge < -0.3 is 15.0 Å². The smallest absolute Gasteiger partial charge is 0.264 e. The molecule has 0 heterocycles. The lowest BCUT2D eigenvalue weighted by Gasteiger charge is -2.32. The topological polar surface area (TPSA) is 96.0 Å². The molecule has 3 rings (SSSR count). The van der Waals surface area contributed by atoms with E-state index in [-0.39, 0.29) is 28.7 Å². The molecule has 0 aliphatic carbocycles. The highest BCUT2D eigenvalue weighted by atomic mass is 32.2. The Kier molecular flexibility index (Phi) is 10.1. The average molecular weight is 556 g/mol. The number of sulfonamides is 1. The predicted octanol–water partition coefficient (Wildman–Crippen LogP) is 4.36. The van der Waals surface area contributed by atoms with Gasteiger partial charge in [-0.15, -0.1) is 0 Å². The van der Waals surface area contributed by atoms with Crippen LogP contribution in [0.4, 0.5) is 10.1 Å². The lowest BCUT2D eigenvalue weighted by Crippen LogP contribution is -2.52. The van der Waals surface area contributed by atoms with Gasteiger partial charge >= 0.3 is 0 Å². The number of methoxy groups -OCH3 is 1. The quantitative estimate of drug-likeness (QED) is 0.358. The van der Waals surface area contributed by atoms with Gasteiger partial charge in [-0.05, 0) is 62.7 Å². The fourth-order valence-electron chi connectivity index (χ4n) is 3.86. The molecule has 2 amide bonds. The van der Waals surface area contributed by atoms with Crippen LogP contribution in [0, 0.1) is 5.82 Å². The van der Waals surface area contributed by atoms with Crippen molar-refractivity contribution < 1.29 is 27.1 Å². The third-order valence-corrected chi connectivity index (χ3v) is 8.23. The number of nitrogens with zero attached hydrogens (tertiary/aromatic N) is 2. The van der Waals surface area contributed by atoms with Crippen LogP contribution in [0.15, 0.2) is 83.8 Å². The summed E-state index contributed by atoms with van der Waals surface area (Å²) in [6.45, 7) is 4.46. The molecular weight excluding hydrogens is 521 g/mol. The summed E-state index contributed by atoms with van der Waals surface area (Å²) in [5, 5.41) is 2.85. The number of hydrogen-bond acceptors (Lipinski definition) is 5. The highest BCUT2D eigenvalue weighted by molar-refractivity contribution is 7.92. The monoisotopic (exact) mass is 555 g/mol. The summed E-state index contributed by atoms with van der Waals surface area (Å²) >= 11 is 0. The Morgan fingerprint density at radius 1 is 0.949 bits per heavy atom. The summed E-state index contributed by atoms with van der Waals surface area (Å²) in [5.74, 6) is -1.11. The van der Waals surface area contributed by atoms with Gasteiger partial charge in [-0.1, -0.05) is 43.3 Å². The molecule has 0 saturated carbocycles. The van der Waals surface area contributed by atoms with Crippen LogP contribution in [0.25, 0.3) is 0 Å². The number of carbonyl (C=O) groups is 2. The lowest BCUT2D eigenvalue weighted by molar-refractivity contribution is -0.139. The van der Waals surface area contributed by atoms with E-state index in [2.05, 4.69) is 5.32 Å². The second-order valence-corrected chi connectivity index (χ2v) is 11.0. The van der Waals surface area contributed by atoms with Crippen LogP contribution in [-0.4, -0.2) is 50.9 Å². The van der Waals surface area contributed by atoms with E-state index in [1.165, 1.54) is 54.5 Å². The Balaban J connectivity index is 2.02. The normalized spacial score (nSPS) is 12.7. The van der Waals surface area contributed by atoms with Crippen molar-refractivity contribution in [3.8, 4) is 5.75 Å². The Hall–Kier alpha value is -3.92. The molecular formula is C29H34FN3O5S. The molecule has 208 valence electrons. The first-order valence-corrected chi connectivity index (χ1v) is 14.1. The van der Waals surface area contributed by atoms with Gasteiger partial charge in [0.25, 0.3) is 10.0 Å². The van der Waals surface area contributed by atoms with Gasteiger partial charge in [-0.25, -0.2) is 12.8 Å². The molecule has 2 atom stereocenters. The largest absolute Gasteiger partial charge is 0.497 e. The van der Waals surface area contributed by atoms with E-state index in [1.807, 2.05) is 13.8 Å². The number of nitrogens with one attached hydrogen (secondary N) is 1. The molecule has 0 saturated heterocycles. The van der Waals surface area contributed by atoms with E-state index in [1.54, 1.807) is 43.3 Å². The average Bonchev–Trinajstić information content (AvgIpc) is 2.95. The number of amides is 2. The van der Waals surface area contributed by atoms with Crippen molar-refractivity contribution >= 4 is 27.5 Å². The third-order valence-electron chi connectivity index (χ3n) is 6.44. The maximum Gasteiger partial charge on any atom is 0.264 e. The van der Waals surface area contributed by atoms with E-state index in [0.29, 0.717) is 12.2 Å². The van der Waals surface area contributed by atoms with Crippen molar-refractivity contribution in [3.05, 3.63) is 90.2 Å². The van der Waals surface area contributed by atoms with Crippen LogP contribution in [0.2, 0.25) is 0 Å². The van der Waals surface area contributed by atoms with Crippen molar-refractivity contribution in [2.45, 2.75) is 50.7 Å². The second-order valence-electron chi connectivity index (χ2n) is 9.13. The minimum Gasteiger partial charge on any atom is -0.497 e. The van der Waals surface area contributed by atoms with Crippen LogP contribution >= 0.6 is 0 Å². The van der Waals surface area contributed by atoms with E-state index in [9.17, 15) is 22.4 Å². The molecule has 0 radical (unpaired) electrons. The van der Waals surface area contributed by atoms with Gasteiger partial charge in [0.05, 0.1) is 17.7 Å². The van der Waals surface area contributed by atoms with Crippen LogP contribution in [-0.2, 0) is 26.2 Å². The number of carbonyl (C=O) groups excluding carboxylic acids is 2. The van der Waals surface area contributed by atoms with Gasteiger partial charge in [-0.2, -0.15) is 0 Å². The zero-order valence-electron chi connectivity index (χ0n) is 22.5. The standard InChI is InChI=1S/C29H34FN3O5S/c1-5-21(2)31-29(35)22(3)32(19-23-11-9-10-14-27(23)30)28(34)20-33(24-15-17-25(38-4)18-16-24)39(36,37)26-12-7-6-8-13-26/h6-18,21-22H,5,19-20H2,1-4H3,(H,31,35)/t21-,22-/m0/s1. The van der Waals surface area contributed by atoms with Gasteiger partial charge in [-0.3, -0.25) is 13.9 Å². The zero-order valence-corrected chi connectivity index (χ0v) is 23.3. The van der Waals surface area contributed by atoms with Crippen LogP contribution < -0.4 is 14.4 Å². The summed E-state index contributed by atoms with van der Waals surface area (Å²) in [7, 11) is -2.69. The molecule has 3 aromatic carbocycles. The Bertz CT molecular complexity index is 1370. The SMILES string of the molecule is CC[C@H](C)NC(=O)[C@H](C)N(Cc1ccccc1F)C(=O)CN(c1ccc(OC)cc1)S(=O)(=O)c1ccccc1. The Morgan fingerprint density at radius 3 is 2.15 bits per heavy atom. The van der Waals surface area contributed by atoms with E-state index in [4.69, 9.17) is 4.74 Å². The predicted molar refractivity (Wildman–Crippen MR) is 148 cm³/mol. The summed E-state index contributed by atoms with van der Waals surface area (Å²) in [6.07, 6.45) is 0.681. The zero-order chi connectivity index (χ0) is 28.6. The third kappa shape index (κ3) is 7.35. The number of ether oxygens (including phenoxy) is 1. The molecule has 1 N–H and O–H groups in total. The number of halogens is 1. The summed E-state index contributed by atoms with van der Waals surface area (Å²) in [6, 6.07) is 18.8. The van der Waals surface area contributed by atoms with Gasteiger partial charge in [0, 0.05) is 18.2 Å². The number of rotatable bonds is 12. The maximum absolute atomic E-state index is 14.6. The molecule has 0 fully saturated rings. The van der Waals surface area contributed by atoms with Crippen molar-refractivity contribution in [3.63, 3.8) is 0 Å². The first-order valence-electron chi connectivity index (χ1n) is 12.6. The first kappa shape index (κ1) is 29.6. The highest BCUT2D eigenvalue weighted by Crippen LogP contribution is 2.26. The molecule has 39 heavy (non-hydrogen) atoms. The minimum absolute atomic E-state index is 0.00293. The van der Waals surface area contributed by atoms with Crippen LogP contribution in [0.3, 0.4) is 0 Å². The van der Waals surface area contributed by atoms with Crippen molar-refractivity contribution in [2.75, 3.05) is 18.0 Å². The fraction of sp³-hybridized carbons (Fsp3) is 0.310. The molecule has 0 aliphatic rings. The number of benzene rings is 3. The molecule has 3 aromatic rings. The first-order chi connectivity index (χ1) is 18.6. The van der Waals surface area contributed by atoms with Gasteiger partial charge in [0.15, 0.2) is 0 Å². The van der Waals surface area contributed by atoms with Crippen LogP contribution in [0.5, 0.6) is 5.75 Å². The fourth-order valence-corrected chi connectivity index (χ4v) is 5.29. The summed E-state index contributed by atoms with van der Waals surface area (Å²) in [5.41, 5.74) is 0.437. The van der Waals surface area contributed by atoms with Crippen molar-refractivity contribution in [1.82, 2.24) is 10.2 Å². The second kappa shape index (κ2) is 13.2. The van der Waals surface area contributed by atoms with Gasteiger partial charge in [0.2, 0.25) is 11.8 Å². The molecule has 0 spiro atoms. The number of hydrogen-bond donors (Lipinski definition) is 1. The minimum atomic E-state index is -4.18. The molecule has 0 aliphatic heterocycles. The van der Waals surface area contributed by atoms with Gasteiger partial charge in [0.1, 0.15) is 24.2 Å². The van der Waals surface area contributed by atoms with Crippen molar-refractivity contribution in [2.24, 2.45) is 0 Å². The highest BCUT2D eigenvalue weighted by Gasteiger charge is 2.33. The van der Waals surface area contributed by atoms with E-state index in [0.717, 1.165) is 4.31 Å². The Morgan fingerprint density at radius 2 is 1.56 bits per heavy atom. The molecule has 0 bridgehead atoms. The van der Waals surface area contributed by atoms with Crippen LogP contribution in [0.1, 0.15) is 32.8 Å². The molecule has 0 aromatic heterocycles. The lowest BCUT2D eigenvalue weighted by atomic mass is 10.1. The molecule has 0 unspecified atom stereocenters. The van der Waals surface area contributed by atoms with E-state index >= 15 is 0 Å². The molecule has 8 nitrogen and oxygen atoms in total. The Labute approximate surface area is 229 Å².